The zero-order chi connectivity index (χ0) is 18.8. The Morgan fingerprint density at radius 3 is 2.65 bits per heavy atom. The third-order valence-corrected chi connectivity index (χ3v) is 4.09. The first kappa shape index (κ1) is 17.9. The Morgan fingerprint density at radius 2 is 1.96 bits per heavy atom. The first-order valence-electron chi connectivity index (χ1n) is 7.43. The summed E-state index contributed by atoms with van der Waals surface area (Å²) in [6.07, 6.45) is 0. The minimum atomic E-state index is -0.639. The Morgan fingerprint density at radius 1 is 1.19 bits per heavy atom. The van der Waals surface area contributed by atoms with Gasteiger partial charge in [0.1, 0.15) is 10.8 Å². The van der Waals surface area contributed by atoms with Gasteiger partial charge in [-0.25, -0.2) is 4.68 Å². The summed E-state index contributed by atoms with van der Waals surface area (Å²) in [6.45, 7) is 1.78. The molecule has 3 aromatic rings. The maximum Gasteiger partial charge on any atom is 0.288 e. The van der Waals surface area contributed by atoms with Crippen LogP contribution >= 0.6 is 23.2 Å². The third kappa shape index (κ3) is 3.68. The van der Waals surface area contributed by atoms with E-state index in [4.69, 9.17) is 23.2 Å². The number of aryl methyl sites for hydroxylation is 1. The van der Waals surface area contributed by atoms with Crippen molar-refractivity contribution >= 4 is 40.6 Å². The Hall–Kier alpha value is -2.90. The van der Waals surface area contributed by atoms with Gasteiger partial charge in [-0.2, -0.15) is 5.10 Å². The summed E-state index contributed by atoms with van der Waals surface area (Å²) in [5.41, 5.74) is 1.13. The minimum Gasteiger partial charge on any atom is -0.306 e. The van der Waals surface area contributed by atoms with Crippen LogP contribution in [-0.2, 0) is 0 Å². The Balaban J connectivity index is 1.94. The monoisotopic (exact) mass is 390 g/mol. The highest BCUT2D eigenvalue weighted by Gasteiger charge is 2.18. The summed E-state index contributed by atoms with van der Waals surface area (Å²) >= 11 is 11.8. The molecule has 132 valence electrons. The molecule has 0 saturated carbocycles. The number of nitrogens with zero attached hydrogens (tertiary/aromatic N) is 3. The number of anilines is 1. The second-order valence-corrected chi connectivity index (χ2v) is 6.28. The average molecular weight is 391 g/mol. The molecule has 3 rings (SSSR count). The summed E-state index contributed by atoms with van der Waals surface area (Å²) in [4.78, 5) is 22.9. The van der Waals surface area contributed by atoms with Gasteiger partial charge in [0.05, 0.1) is 16.3 Å². The van der Waals surface area contributed by atoms with Crippen LogP contribution in [0.4, 0.5) is 11.5 Å². The van der Waals surface area contributed by atoms with Crippen LogP contribution in [0.25, 0.3) is 5.69 Å². The maximum absolute atomic E-state index is 12.5. The quantitative estimate of drug-likeness (QED) is 0.518. The fourth-order valence-electron chi connectivity index (χ4n) is 2.38. The Kier molecular flexibility index (Phi) is 4.92. The van der Waals surface area contributed by atoms with Gasteiger partial charge in [0.25, 0.3) is 11.6 Å². The molecule has 1 amide bonds. The minimum absolute atomic E-state index is 0.0358. The standard InChI is InChI=1S/C17H12Cl2N4O3/c1-10-7-16(22(21-10)13-4-2-3-12(18)9-13)20-17(24)11-5-6-14(19)15(8-11)23(25)26/h2-9H,1H3,(H,20,24). The van der Waals surface area contributed by atoms with Gasteiger partial charge >= 0.3 is 0 Å². The lowest BCUT2D eigenvalue weighted by Crippen LogP contribution is -2.15. The predicted molar refractivity (Wildman–Crippen MR) is 99.4 cm³/mol. The lowest BCUT2D eigenvalue weighted by molar-refractivity contribution is -0.384. The van der Waals surface area contributed by atoms with Crippen molar-refractivity contribution in [3.8, 4) is 5.69 Å². The van der Waals surface area contributed by atoms with Crippen LogP contribution in [0.15, 0.2) is 48.5 Å². The normalized spacial score (nSPS) is 10.6. The molecule has 0 spiro atoms. The van der Waals surface area contributed by atoms with Gasteiger partial charge in [-0.05, 0) is 37.3 Å². The molecule has 0 radical (unpaired) electrons. The van der Waals surface area contributed by atoms with Crippen LogP contribution in [0.1, 0.15) is 16.1 Å². The molecule has 0 bridgehead atoms. The molecule has 9 heteroatoms. The number of nitro groups is 1. The summed E-state index contributed by atoms with van der Waals surface area (Å²) in [5.74, 6) is -0.111. The molecule has 0 saturated heterocycles. The predicted octanol–water partition coefficient (Wildman–Crippen LogP) is 4.65. The highest BCUT2D eigenvalue weighted by atomic mass is 35.5. The topological polar surface area (TPSA) is 90.1 Å². The van der Waals surface area contributed by atoms with Crippen LogP contribution in [-0.4, -0.2) is 20.6 Å². The number of hydrogen-bond acceptors (Lipinski definition) is 4. The van der Waals surface area contributed by atoms with E-state index in [2.05, 4.69) is 10.4 Å². The van der Waals surface area contributed by atoms with E-state index in [1.807, 2.05) is 0 Å². The number of carbonyl (C=O) groups excluding carboxylic acids is 1. The van der Waals surface area contributed by atoms with E-state index in [0.29, 0.717) is 22.2 Å². The molecule has 0 atom stereocenters. The van der Waals surface area contributed by atoms with Crippen molar-refractivity contribution in [2.24, 2.45) is 0 Å². The molecule has 1 aromatic heterocycles. The maximum atomic E-state index is 12.5. The van der Waals surface area contributed by atoms with E-state index in [1.54, 1.807) is 37.3 Å². The van der Waals surface area contributed by atoms with Crippen LogP contribution in [0, 0.1) is 17.0 Å². The van der Waals surface area contributed by atoms with Gasteiger partial charge in [-0.15, -0.1) is 0 Å². The van der Waals surface area contributed by atoms with Crippen molar-refractivity contribution in [3.63, 3.8) is 0 Å². The molecule has 26 heavy (non-hydrogen) atoms. The van der Waals surface area contributed by atoms with Gasteiger partial charge in [-0.3, -0.25) is 14.9 Å². The zero-order valence-electron chi connectivity index (χ0n) is 13.4. The third-order valence-electron chi connectivity index (χ3n) is 3.53. The second-order valence-electron chi connectivity index (χ2n) is 5.44. The van der Waals surface area contributed by atoms with E-state index >= 15 is 0 Å². The molecular weight excluding hydrogens is 379 g/mol. The van der Waals surface area contributed by atoms with E-state index in [-0.39, 0.29) is 16.3 Å². The highest BCUT2D eigenvalue weighted by molar-refractivity contribution is 6.32. The lowest BCUT2D eigenvalue weighted by Gasteiger charge is -2.09. The number of rotatable bonds is 4. The number of benzene rings is 2. The number of aromatic nitrogens is 2. The number of hydrogen-bond donors (Lipinski definition) is 1. The van der Waals surface area contributed by atoms with Crippen LogP contribution in [0.5, 0.6) is 0 Å². The number of nitrogens with one attached hydrogen (secondary N) is 1. The van der Waals surface area contributed by atoms with Crippen LogP contribution < -0.4 is 5.32 Å². The lowest BCUT2D eigenvalue weighted by atomic mass is 10.2. The molecule has 1 heterocycles. The van der Waals surface area contributed by atoms with E-state index < -0.39 is 10.8 Å². The van der Waals surface area contributed by atoms with Crippen molar-refractivity contribution in [2.45, 2.75) is 6.92 Å². The fraction of sp³-hybridized carbons (Fsp3) is 0.0588. The van der Waals surface area contributed by atoms with Crippen molar-refractivity contribution in [3.05, 3.63) is 79.9 Å². The molecule has 0 fully saturated rings. The molecule has 1 N–H and O–H groups in total. The fourth-order valence-corrected chi connectivity index (χ4v) is 2.75. The molecule has 0 aliphatic rings. The summed E-state index contributed by atoms with van der Waals surface area (Å²) in [6, 6.07) is 12.5. The van der Waals surface area contributed by atoms with Crippen LogP contribution in [0.3, 0.4) is 0 Å². The number of carbonyl (C=O) groups is 1. The molecule has 7 nitrogen and oxygen atoms in total. The van der Waals surface area contributed by atoms with E-state index in [9.17, 15) is 14.9 Å². The Labute approximate surface area is 158 Å². The molecular formula is C17H12Cl2N4O3. The first-order chi connectivity index (χ1) is 12.3. The largest absolute Gasteiger partial charge is 0.306 e. The first-order valence-corrected chi connectivity index (χ1v) is 8.18. The number of halogens is 2. The van der Waals surface area contributed by atoms with Crippen molar-refractivity contribution < 1.29 is 9.72 Å². The summed E-state index contributed by atoms with van der Waals surface area (Å²) in [7, 11) is 0. The smallest absolute Gasteiger partial charge is 0.288 e. The zero-order valence-corrected chi connectivity index (χ0v) is 15.0. The van der Waals surface area contributed by atoms with Gasteiger partial charge in [0.15, 0.2) is 0 Å². The second kappa shape index (κ2) is 7.15. The van der Waals surface area contributed by atoms with Crippen molar-refractivity contribution in [2.75, 3.05) is 5.32 Å². The Bertz CT molecular complexity index is 1020. The van der Waals surface area contributed by atoms with Gasteiger partial charge in [0.2, 0.25) is 0 Å². The highest BCUT2D eigenvalue weighted by Crippen LogP contribution is 2.26. The number of nitro benzene ring substituents is 1. The van der Waals surface area contributed by atoms with Gasteiger partial charge in [0, 0.05) is 22.7 Å². The molecule has 2 aromatic carbocycles. The molecule has 0 aliphatic heterocycles. The van der Waals surface area contributed by atoms with Crippen LogP contribution in [0.2, 0.25) is 10.0 Å². The van der Waals surface area contributed by atoms with E-state index in [1.165, 1.54) is 16.8 Å². The molecule has 0 unspecified atom stereocenters. The van der Waals surface area contributed by atoms with Crippen molar-refractivity contribution in [1.82, 2.24) is 9.78 Å². The number of amides is 1. The summed E-state index contributed by atoms with van der Waals surface area (Å²) in [5, 5.41) is 18.5. The summed E-state index contributed by atoms with van der Waals surface area (Å²) < 4.78 is 1.53. The van der Waals surface area contributed by atoms with Crippen molar-refractivity contribution in [1.29, 1.82) is 0 Å². The van der Waals surface area contributed by atoms with Gasteiger partial charge < -0.3 is 5.32 Å². The average Bonchev–Trinajstić information content (AvgIpc) is 2.95. The van der Waals surface area contributed by atoms with E-state index in [0.717, 1.165) is 6.07 Å². The SMILES string of the molecule is Cc1cc(NC(=O)c2ccc(Cl)c([N+](=O)[O-])c2)n(-c2cccc(Cl)c2)n1. The molecule has 0 aliphatic carbocycles. The van der Waals surface area contributed by atoms with Gasteiger partial charge in [-0.1, -0.05) is 29.3 Å².